The first kappa shape index (κ1) is 22.1. The first-order valence-electron chi connectivity index (χ1n) is 11.7. The molecule has 1 aliphatic carbocycles. The Balaban J connectivity index is 1.61. The van der Waals surface area contributed by atoms with Gasteiger partial charge in [0.25, 0.3) is 5.91 Å². The van der Waals surface area contributed by atoms with E-state index >= 15 is 0 Å². The van der Waals surface area contributed by atoms with E-state index in [1.54, 1.807) is 23.3 Å². The number of hydrogen-bond acceptors (Lipinski definition) is 3. The van der Waals surface area contributed by atoms with E-state index in [1.165, 1.54) is 6.42 Å². The molecule has 1 aliphatic heterocycles. The highest BCUT2D eigenvalue weighted by Gasteiger charge is 2.50. The monoisotopic (exact) mass is 467 g/mol. The Labute approximate surface area is 198 Å². The molecular weight excluding hydrogens is 438 g/mol. The fraction of sp³-hybridized carbons (Fsp3) is 0.462. The lowest BCUT2D eigenvalue weighted by molar-refractivity contribution is -0.128. The molecule has 5 rings (SSSR count). The standard InChI is InChI=1S/C26H30ClN3O3/c1-15-7-5-9-19(16(15)2)28-25(32)26(4)14-29-21-11-12-33-23(21)13-22(29)24(31)30(26)20-10-6-8-18(27)17(20)3/h6,8,10-13,15-16,19H,5,7,9,14H2,1-4H3,(H,28,32)/t15-,16-,19-,26-/m1/s1. The lowest BCUT2D eigenvalue weighted by Crippen LogP contribution is -2.66. The first-order chi connectivity index (χ1) is 15.7. The molecule has 1 fully saturated rings. The van der Waals surface area contributed by atoms with Gasteiger partial charge in [0.2, 0.25) is 5.91 Å². The normalized spacial score (nSPS) is 27.6. The van der Waals surface area contributed by atoms with Gasteiger partial charge in [-0.05, 0) is 49.8 Å². The van der Waals surface area contributed by atoms with Gasteiger partial charge in [0.1, 0.15) is 11.2 Å². The van der Waals surface area contributed by atoms with Crippen LogP contribution in [0.3, 0.4) is 0 Å². The van der Waals surface area contributed by atoms with Gasteiger partial charge in [-0.1, -0.05) is 44.4 Å². The minimum atomic E-state index is -1.14. The van der Waals surface area contributed by atoms with E-state index in [0.717, 1.165) is 23.9 Å². The van der Waals surface area contributed by atoms with Gasteiger partial charge in [0.15, 0.2) is 5.58 Å². The Morgan fingerprint density at radius 1 is 1.24 bits per heavy atom. The molecule has 0 spiro atoms. The summed E-state index contributed by atoms with van der Waals surface area (Å²) in [5.41, 5.74) is 2.26. The van der Waals surface area contributed by atoms with Gasteiger partial charge < -0.3 is 14.3 Å². The summed E-state index contributed by atoms with van der Waals surface area (Å²) in [6, 6.07) is 9.17. The summed E-state index contributed by atoms with van der Waals surface area (Å²) in [5, 5.41) is 3.89. The van der Waals surface area contributed by atoms with E-state index in [-0.39, 0.29) is 17.9 Å². The molecule has 2 aromatic heterocycles. The number of carbonyl (C=O) groups excluding carboxylic acids is 2. The van der Waals surface area contributed by atoms with E-state index < -0.39 is 5.54 Å². The van der Waals surface area contributed by atoms with Gasteiger partial charge in [-0.3, -0.25) is 14.5 Å². The lowest BCUT2D eigenvalue weighted by atomic mass is 9.77. The van der Waals surface area contributed by atoms with Crippen LogP contribution in [-0.4, -0.2) is 28.0 Å². The number of carbonyl (C=O) groups is 2. The first-order valence-corrected chi connectivity index (χ1v) is 12.1. The summed E-state index contributed by atoms with van der Waals surface area (Å²) in [6.45, 7) is 8.52. The van der Waals surface area contributed by atoms with Gasteiger partial charge in [-0.15, -0.1) is 0 Å². The van der Waals surface area contributed by atoms with E-state index in [9.17, 15) is 9.59 Å². The molecule has 2 aliphatic rings. The summed E-state index contributed by atoms with van der Waals surface area (Å²) in [4.78, 5) is 29.5. The van der Waals surface area contributed by atoms with Crippen LogP contribution in [0, 0.1) is 18.8 Å². The fourth-order valence-corrected chi connectivity index (χ4v) is 5.71. The molecular formula is C26H30ClN3O3. The van der Waals surface area contributed by atoms with Crippen molar-refractivity contribution in [3.8, 4) is 0 Å². The molecule has 174 valence electrons. The number of fused-ring (bicyclic) bond motifs is 3. The molecule has 3 heterocycles. The topological polar surface area (TPSA) is 67.5 Å². The van der Waals surface area contributed by atoms with Gasteiger partial charge in [0, 0.05) is 28.9 Å². The average molecular weight is 468 g/mol. The molecule has 4 atom stereocenters. The fourth-order valence-electron chi connectivity index (χ4n) is 5.54. The maximum atomic E-state index is 14.0. The largest absolute Gasteiger partial charge is 0.463 e. The minimum Gasteiger partial charge on any atom is -0.463 e. The quantitative estimate of drug-likeness (QED) is 0.548. The molecule has 1 saturated carbocycles. The van der Waals surface area contributed by atoms with Crippen molar-refractivity contribution >= 4 is 40.2 Å². The van der Waals surface area contributed by atoms with Gasteiger partial charge in [-0.2, -0.15) is 0 Å². The molecule has 0 bridgehead atoms. The zero-order valence-electron chi connectivity index (χ0n) is 19.5. The van der Waals surface area contributed by atoms with E-state index in [4.69, 9.17) is 16.0 Å². The predicted octanol–water partition coefficient (Wildman–Crippen LogP) is 5.56. The maximum absolute atomic E-state index is 14.0. The van der Waals surface area contributed by atoms with E-state index in [1.807, 2.05) is 36.6 Å². The number of benzene rings is 1. The van der Waals surface area contributed by atoms with Crippen LogP contribution in [0.25, 0.3) is 11.1 Å². The van der Waals surface area contributed by atoms with E-state index in [2.05, 4.69) is 19.2 Å². The number of nitrogens with zero attached hydrogens (tertiary/aromatic N) is 2. The Morgan fingerprint density at radius 3 is 2.82 bits per heavy atom. The molecule has 1 aromatic carbocycles. The van der Waals surface area contributed by atoms with Crippen molar-refractivity contribution in [1.29, 1.82) is 0 Å². The molecule has 0 radical (unpaired) electrons. The molecule has 1 N–H and O–H groups in total. The van der Waals surface area contributed by atoms with Gasteiger partial charge in [-0.25, -0.2) is 0 Å². The third kappa shape index (κ3) is 3.38. The number of hydrogen-bond donors (Lipinski definition) is 1. The van der Waals surface area contributed by atoms with Crippen molar-refractivity contribution < 1.29 is 14.0 Å². The molecule has 0 unspecified atom stereocenters. The summed E-state index contributed by atoms with van der Waals surface area (Å²) < 4.78 is 7.47. The van der Waals surface area contributed by atoms with Crippen molar-refractivity contribution in [2.75, 3.05) is 4.90 Å². The summed E-state index contributed by atoms with van der Waals surface area (Å²) >= 11 is 6.43. The summed E-state index contributed by atoms with van der Waals surface area (Å²) in [6.07, 6.45) is 4.85. The average Bonchev–Trinajstić information content (AvgIpc) is 3.37. The zero-order chi connectivity index (χ0) is 23.5. The minimum absolute atomic E-state index is 0.0930. The molecule has 3 aromatic rings. The maximum Gasteiger partial charge on any atom is 0.276 e. The Hall–Kier alpha value is -2.73. The zero-order valence-corrected chi connectivity index (χ0v) is 20.3. The van der Waals surface area contributed by atoms with Crippen LogP contribution in [0.15, 0.2) is 41.0 Å². The lowest BCUT2D eigenvalue weighted by Gasteiger charge is -2.46. The summed E-state index contributed by atoms with van der Waals surface area (Å²) in [5.74, 6) is 0.560. The van der Waals surface area contributed by atoms with Crippen molar-refractivity contribution in [2.24, 2.45) is 11.8 Å². The number of aromatic nitrogens is 1. The molecule has 33 heavy (non-hydrogen) atoms. The Bertz CT molecular complexity index is 1240. The van der Waals surface area contributed by atoms with Crippen LogP contribution in [0.4, 0.5) is 5.69 Å². The van der Waals surface area contributed by atoms with Crippen LogP contribution >= 0.6 is 11.6 Å². The number of nitrogens with one attached hydrogen (secondary N) is 1. The molecule has 0 saturated heterocycles. The highest BCUT2D eigenvalue weighted by atomic mass is 35.5. The smallest absolute Gasteiger partial charge is 0.276 e. The van der Waals surface area contributed by atoms with Crippen LogP contribution < -0.4 is 10.2 Å². The molecule has 6 nitrogen and oxygen atoms in total. The number of anilines is 1. The second-order valence-electron chi connectivity index (χ2n) is 9.93. The van der Waals surface area contributed by atoms with Crippen molar-refractivity contribution in [3.05, 3.63) is 52.9 Å². The second-order valence-corrected chi connectivity index (χ2v) is 10.3. The SMILES string of the molecule is Cc1c(Cl)cccc1N1C(=O)c2cc3occc3n2C[C@]1(C)C(=O)N[C@@H]1CCC[C@@H](C)[C@H]1C. The van der Waals surface area contributed by atoms with Crippen molar-refractivity contribution in [3.63, 3.8) is 0 Å². The van der Waals surface area contributed by atoms with Crippen LogP contribution in [0.5, 0.6) is 0 Å². The predicted molar refractivity (Wildman–Crippen MR) is 130 cm³/mol. The highest BCUT2D eigenvalue weighted by molar-refractivity contribution is 6.32. The Morgan fingerprint density at radius 2 is 2.03 bits per heavy atom. The van der Waals surface area contributed by atoms with E-state index in [0.29, 0.717) is 40.4 Å². The third-order valence-corrected chi connectivity index (χ3v) is 8.31. The second kappa shape index (κ2) is 7.94. The van der Waals surface area contributed by atoms with Crippen molar-refractivity contribution in [2.45, 2.75) is 65.1 Å². The van der Waals surface area contributed by atoms with Crippen LogP contribution in [0.2, 0.25) is 5.02 Å². The third-order valence-electron chi connectivity index (χ3n) is 7.90. The number of furan rings is 1. The Kier molecular flexibility index (Phi) is 5.31. The van der Waals surface area contributed by atoms with Crippen LogP contribution in [-0.2, 0) is 11.3 Å². The summed E-state index contributed by atoms with van der Waals surface area (Å²) in [7, 11) is 0. The van der Waals surface area contributed by atoms with Gasteiger partial charge in [0.05, 0.1) is 18.3 Å². The number of rotatable bonds is 3. The number of amides is 2. The molecule has 7 heteroatoms. The van der Waals surface area contributed by atoms with Crippen molar-refractivity contribution in [1.82, 2.24) is 9.88 Å². The van der Waals surface area contributed by atoms with Gasteiger partial charge >= 0.3 is 0 Å². The highest BCUT2D eigenvalue weighted by Crippen LogP contribution is 2.39. The molecule has 2 amide bonds. The van der Waals surface area contributed by atoms with Crippen LogP contribution in [0.1, 0.15) is 56.1 Å². The number of halogens is 1.